The van der Waals surface area contributed by atoms with Crippen LogP contribution in [0.2, 0.25) is 0 Å². The van der Waals surface area contributed by atoms with E-state index in [0.29, 0.717) is 19.1 Å². The lowest BCUT2D eigenvalue weighted by Crippen LogP contribution is -2.66. The molecule has 0 unspecified atom stereocenters. The van der Waals surface area contributed by atoms with E-state index in [-0.39, 0.29) is 35.7 Å². The first-order valence-electron chi connectivity index (χ1n) is 14.4. The number of piperazine rings is 1. The number of fused-ring (bicyclic) bond motifs is 2. The van der Waals surface area contributed by atoms with Crippen molar-refractivity contribution in [2.45, 2.75) is 94.9 Å². The number of likely N-dealkylation sites (N-methyl/N-ethyl adjacent to an activating group) is 1. The molecule has 0 aromatic heterocycles. The van der Waals surface area contributed by atoms with Gasteiger partial charge in [-0.3, -0.25) is 19.3 Å². The van der Waals surface area contributed by atoms with Crippen LogP contribution < -0.4 is 16.0 Å². The van der Waals surface area contributed by atoms with Gasteiger partial charge in [0, 0.05) is 19.1 Å². The van der Waals surface area contributed by atoms with Crippen LogP contribution in [0.25, 0.3) is 0 Å². The first kappa shape index (κ1) is 26.2. The zero-order valence-corrected chi connectivity index (χ0v) is 22.4. The Hall–Kier alpha value is -2.45. The van der Waals surface area contributed by atoms with Gasteiger partial charge in [-0.05, 0) is 76.1 Å². The van der Waals surface area contributed by atoms with Gasteiger partial charge >= 0.3 is 0 Å². The molecule has 2 aliphatic carbocycles. The van der Waals surface area contributed by atoms with Crippen molar-refractivity contribution >= 4 is 17.7 Å². The zero-order valence-electron chi connectivity index (χ0n) is 22.4. The summed E-state index contributed by atoms with van der Waals surface area (Å²) in [7, 11) is 1.75. The maximum atomic E-state index is 14.3. The highest BCUT2D eigenvalue weighted by molar-refractivity contribution is 5.93. The third-order valence-corrected chi connectivity index (χ3v) is 9.24. The summed E-state index contributed by atoms with van der Waals surface area (Å²) in [5.41, 5.74) is 2.49. The third-order valence-electron chi connectivity index (χ3n) is 9.24. The third kappa shape index (κ3) is 5.55. The molecule has 0 radical (unpaired) electrons. The summed E-state index contributed by atoms with van der Waals surface area (Å²) >= 11 is 0. The molecule has 0 bridgehead atoms. The van der Waals surface area contributed by atoms with Gasteiger partial charge in [0.2, 0.25) is 17.7 Å². The van der Waals surface area contributed by atoms with E-state index in [2.05, 4.69) is 33.0 Å². The molecule has 3 fully saturated rings. The summed E-state index contributed by atoms with van der Waals surface area (Å²) in [5.74, 6) is -0.199. The Labute approximate surface area is 220 Å². The Bertz CT molecular complexity index is 994. The van der Waals surface area contributed by atoms with Gasteiger partial charge in [-0.2, -0.15) is 0 Å². The van der Waals surface area contributed by atoms with Crippen molar-refractivity contribution in [2.75, 3.05) is 26.7 Å². The monoisotopic (exact) mass is 509 g/mol. The zero-order chi connectivity index (χ0) is 25.9. The molecule has 5 atom stereocenters. The molecule has 4 aliphatic rings. The Kier molecular flexibility index (Phi) is 8.15. The number of aryl methyl sites for hydroxylation is 1. The Morgan fingerprint density at radius 3 is 2.54 bits per heavy atom. The molecule has 0 spiro atoms. The maximum Gasteiger partial charge on any atom is 0.246 e. The number of rotatable bonds is 7. The molecular weight excluding hydrogens is 466 g/mol. The molecule has 2 saturated heterocycles. The molecule has 1 saturated carbocycles. The fourth-order valence-electron chi connectivity index (χ4n) is 6.90. The minimum Gasteiger partial charge on any atom is -0.347 e. The predicted molar refractivity (Wildman–Crippen MR) is 143 cm³/mol. The van der Waals surface area contributed by atoms with Gasteiger partial charge < -0.3 is 20.9 Å². The minimum absolute atomic E-state index is 0.0118. The van der Waals surface area contributed by atoms with Crippen molar-refractivity contribution in [3.63, 3.8) is 0 Å². The Balaban J connectivity index is 1.38. The molecular formula is C29H43N5O3. The van der Waals surface area contributed by atoms with Crippen LogP contribution in [0.15, 0.2) is 24.3 Å². The molecule has 3 N–H and O–H groups in total. The second kappa shape index (κ2) is 11.5. The van der Waals surface area contributed by atoms with Gasteiger partial charge in [-0.15, -0.1) is 0 Å². The molecule has 8 heteroatoms. The van der Waals surface area contributed by atoms with Gasteiger partial charge in [-0.25, -0.2) is 0 Å². The van der Waals surface area contributed by atoms with E-state index in [4.69, 9.17) is 0 Å². The topological polar surface area (TPSA) is 93.8 Å². The highest BCUT2D eigenvalue weighted by Gasteiger charge is 2.45. The van der Waals surface area contributed by atoms with Crippen LogP contribution >= 0.6 is 0 Å². The maximum absolute atomic E-state index is 14.3. The largest absolute Gasteiger partial charge is 0.347 e. The second-order valence-corrected chi connectivity index (χ2v) is 11.5. The summed E-state index contributed by atoms with van der Waals surface area (Å²) in [6.07, 6.45) is 9.19. The lowest BCUT2D eigenvalue weighted by molar-refractivity contribution is -0.149. The SMILES string of the molecule is CN[C@@H](C)C(=O)N[C@H](C(=O)N1C[C@H]2CCCN2C[C@H]1C(=O)N[C@@H]1CCc2ccccc21)C1CCCCC1. The molecule has 3 amide bonds. The van der Waals surface area contributed by atoms with E-state index in [0.717, 1.165) is 57.9 Å². The lowest BCUT2D eigenvalue weighted by atomic mass is 9.82. The molecule has 2 heterocycles. The summed E-state index contributed by atoms with van der Waals surface area (Å²) < 4.78 is 0. The summed E-state index contributed by atoms with van der Waals surface area (Å²) in [5, 5.41) is 9.39. The predicted octanol–water partition coefficient (Wildman–Crippen LogP) is 2.14. The average molecular weight is 510 g/mol. The molecule has 8 nitrogen and oxygen atoms in total. The second-order valence-electron chi connectivity index (χ2n) is 11.5. The molecule has 2 aliphatic heterocycles. The van der Waals surface area contributed by atoms with Crippen LogP contribution in [0.4, 0.5) is 0 Å². The fraction of sp³-hybridized carbons (Fsp3) is 0.690. The van der Waals surface area contributed by atoms with Gasteiger partial charge in [-0.1, -0.05) is 43.5 Å². The smallest absolute Gasteiger partial charge is 0.246 e. The van der Waals surface area contributed by atoms with Crippen molar-refractivity contribution in [1.29, 1.82) is 0 Å². The molecule has 1 aromatic carbocycles. The van der Waals surface area contributed by atoms with Crippen LogP contribution in [0.1, 0.15) is 75.5 Å². The number of hydrogen-bond donors (Lipinski definition) is 3. The number of nitrogens with zero attached hydrogens (tertiary/aromatic N) is 2. The van der Waals surface area contributed by atoms with Gasteiger partial charge in [0.05, 0.1) is 12.1 Å². The Morgan fingerprint density at radius 2 is 1.76 bits per heavy atom. The fourth-order valence-corrected chi connectivity index (χ4v) is 6.90. The first-order chi connectivity index (χ1) is 18.0. The number of carbonyl (C=O) groups excluding carboxylic acids is 3. The van der Waals surface area contributed by atoms with E-state index in [1.165, 1.54) is 17.5 Å². The molecule has 1 aromatic rings. The minimum atomic E-state index is -0.584. The number of nitrogens with one attached hydrogen (secondary N) is 3. The molecule has 202 valence electrons. The average Bonchev–Trinajstić information content (AvgIpc) is 3.57. The number of benzene rings is 1. The summed E-state index contributed by atoms with van der Waals surface area (Å²) in [6, 6.07) is 7.08. The molecule has 5 rings (SSSR count). The van der Waals surface area contributed by atoms with E-state index in [1.807, 2.05) is 24.0 Å². The van der Waals surface area contributed by atoms with Crippen LogP contribution in [-0.4, -0.2) is 78.4 Å². The van der Waals surface area contributed by atoms with Crippen LogP contribution in [0.5, 0.6) is 0 Å². The van der Waals surface area contributed by atoms with Crippen molar-refractivity contribution in [2.24, 2.45) is 5.92 Å². The van der Waals surface area contributed by atoms with E-state index in [9.17, 15) is 14.4 Å². The van der Waals surface area contributed by atoms with Crippen molar-refractivity contribution in [3.8, 4) is 0 Å². The van der Waals surface area contributed by atoms with Crippen LogP contribution in [0.3, 0.4) is 0 Å². The van der Waals surface area contributed by atoms with Crippen molar-refractivity contribution in [1.82, 2.24) is 25.8 Å². The van der Waals surface area contributed by atoms with Crippen LogP contribution in [0, 0.1) is 5.92 Å². The van der Waals surface area contributed by atoms with Crippen molar-refractivity contribution in [3.05, 3.63) is 35.4 Å². The first-order valence-corrected chi connectivity index (χ1v) is 14.4. The van der Waals surface area contributed by atoms with Gasteiger partial charge in [0.15, 0.2) is 0 Å². The van der Waals surface area contributed by atoms with E-state index < -0.39 is 12.1 Å². The quantitative estimate of drug-likeness (QED) is 0.524. The highest BCUT2D eigenvalue weighted by Crippen LogP contribution is 2.33. The normalized spacial score (nSPS) is 27.7. The Morgan fingerprint density at radius 1 is 0.973 bits per heavy atom. The summed E-state index contributed by atoms with van der Waals surface area (Å²) in [4.78, 5) is 45.2. The van der Waals surface area contributed by atoms with Gasteiger partial charge in [0.25, 0.3) is 0 Å². The van der Waals surface area contributed by atoms with Crippen molar-refractivity contribution < 1.29 is 14.4 Å². The summed E-state index contributed by atoms with van der Waals surface area (Å²) in [6.45, 7) is 3.91. The number of carbonyl (C=O) groups is 3. The number of hydrogen-bond acceptors (Lipinski definition) is 5. The molecule has 37 heavy (non-hydrogen) atoms. The standard InChI is InChI=1S/C29H43N5O3/c1-19(30-2)27(35)32-26(21-10-4-3-5-11-21)29(37)34-17-22-12-8-16-33(22)18-25(34)28(36)31-24-15-14-20-9-6-7-13-23(20)24/h6-7,9,13,19,21-22,24-26,30H,3-5,8,10-12,14-18H2,1-2H3,(H,31,36)(H,32,35)/t19-,22+,24+,25-,26-/m0/s1. The highest BCUT2D eigenvalue weighted by atomic mass is 16.2. The lowest BCUT2D eigenvalue weighted by Gasteiger charge is -2.45. The van der Waals surface area contributed by atoms with Gasteiger partial charge in [0.1, 0.15) is 12.1 Å². The van der Waals surface area contributed by atoms with E-state index in [1.54, 1.807) is 7.05 Å². The van der Waals surface area contributed by atoms with E-state index >= 15 is 0 Å². The van der Waals surface area contributed by atoms with Crippen LogP contribution in [-0.2, 0) is 20.8 Å². The number of amides is 3.